The smallest absolute Gasteiger partial charge is 0 e. The summed E-state index contributed by atoms with van der Waals surface area (Å²) in [6.07, 6.45) is 1.19. The fraction of sp³-hybridized carbons (Fsp3) is 0.455. The third kappa shape index (κ3) is 1.83. The van der Waals surface area contributed by atoms with Gasteiger partial charge in [-0.25, -0.2) is 0 Å². The zero-order valence-electron chi connectivity index (χ0n) is 9.59. The molecule has 0 atom stereocenters. The normalized spacial score (nSPS) is 12.3. The van der Waals surface area contributed by atoms with Crippen molar-refractivity contribution in [3.63, 3.8) is 0 Å². The van der Waals surface area contributed by atoms with E-state index in [0.29, 0.717) is 5.41 Å². The summed E-state index contributed by atoms with van der Waals surface area (Å²) < 4.78 is 10.0. The van der Waals surface area contributed by atoms with E-state index in [1.165, 1.54) is 12.0 Å². The molecule has 0 aliphatic rings. The molecule has 0 saturated heterocycles. The third-order valence-corrected chi connectivity index (χ3v) is 2.44. The Morgan fingerprint density at radius 1 is 1.27 bits per heavy atom. The molecule has 1 aromatic carbocycles. The Hall–Kier alpha value is -0.780. The highest BCUT2D eigenvalue weighted by molar-refractivity contribution is 5.22. The maximum absolute atomic E-state index is 5.00. The molecule has 0 unspecified atom stereocenters. The molecule has 0 amide bonds. The Labute approximate surface area is 73.8 Å². The Morgan fingerprint density at radius 2 is 1.82 bits per heavy atom. The average Bonchev–Trinajstić information content (AvgIpc) is 2.22. The fourth-order valence-electron chi connectivity index (χ4n) is 1.09. The van der Waals surface area contributed by atoms with E-state index in [0.717, 1.165) is 0 Å². The quantitative estimate of drug-likeness (QED) is 0.608. The predicted octanol–water partition coefficient (Wildman–Crippen LogP) is 3.87. The van der Waals surface area contributed by atoms with Crippen LogP contribution in [-0.4, -0.2) is 0 Å². The van der Waals surface area contributed by atoms with Gasteiger partial charge in [0.1, 0.15) is 0 Å². The molecule has 0 fully saturated rings. The van der Waals surface area contributed by atoms with E-state index < -0.39 is 0 Å². The van der Waals surface area contributed by atoms with Crippen molar-refractivity contribution < 1.29 is 4.40 Å². The Balaban J connectivity index is 0. The second kappa shape index (κ2) is 3.08. The SMILES string of the molecule is CCC(C)(C)c1ccccc1.[2HH].[2H][2H]. The first kappa shape index (κ1) is 6.90. The van der Waals surface area contributed by atoms with E-state index in [9.17, 15) is 0 Å². The van der Waals surface area contributed by atoms with Crippen molar-refractivity contribution in [2.45, 2.75) is 32.6 Å². The molecular weight excluding hydrogens is 132 g/mol. The number of hydrogen-bond acceptors (Lipinski definition) is 0. The molecule has 0 bridgehead atoms. The number of hydrogen-bond donors (Lipinski definition) is 0. The second-order valence-corrected chi connectivity index (χ2v) is 3.60. The predicted molar refractivity (Wildman–Crippen MR) is 54.0 cm³/mol. The number of benzene rings is 1. The van der Waals surface area contributed by atoms with Crippen LogP contribution in [0.1, 0.15) is 37.2 Å². The van der Waals surface area contributed by atoms with Crippen LogP contribution in [0.2, 0.25) is 0 Å². The highest BCUT2D eigenvalue weighted by atomic mass is 14.2. The van der Waals surface area contributed by atoms with E-state index in [2.05, 4.69) is 51.1 Å². The molecule has 0 aliphatic heterocycles. The van der Waals surface area contributed by atoms with Crippen LogP contribution in [0, 0.1) is 0 Å². The summed E-state index contributed by atoms with van der Waals surface area (Å²) in [5, 5.41) is 0. The minimum atomic E-state index is 0. The second-order valence-electron chi connectivity index (χ2n) is 3.60. The van der Waals surface area contributed by atoms with Gasteiger partial charge in [-0.15, -0.1) is 0 Å². The molecule has 0 N–H and O–H groups in total. The standard InChI is InChI=1S/C11H16.2H2/c1-4-11(2,3)10-8-6-5-7-9-10;;/h5-9H,4H2,1-3H3;2*1H/i;1+1D;1+1. The van der Waals surface area contributed by atoms with E-state index in [-0.39, 0.29) is 1.43 Å². The van der Waals surface area contributed by atoms with Crippen LogP contribution in [0.5, 0.6) is 0 Å². The lowest BCUT2D eigenvalue weighted by Crippen LogP contribution is -2.14. The van der Waals surface area contributed by atoms with Crippen LogP contribution in [0.15, 0.2) is 30.3 Å². The summed E-state index contributed by atoms with van der Waals surface area (Å²) in [7, 11) is 0. The summed E-state index contributed by atoms with van der Waals surface area (Å²) in [5.74, 6) is 0. The maximum atomic E-state index is 5.00. The molecular formula is C11H20. The molecule has 0 nitrogen and oxygen atoms in total. The highest BCUT2D eigenvalue weighted by Gasteiger charge is 2.16. The van der Waals surface area contributed by atoms with Crippen LogP contribution in [-0.2, 0) is 5.41 Å². The lowest BCUT2D eigenvalue weighted by Gasteiger charge is -2.22. The van der Waals surface area contributed by atoms with Crippen LogP contribution < -0.4 is 0 Å². The van der Waals surface area contributed by atoms with Gasteiger partial charge >= 0.3 is 0 Å². The maximum Gasteiger partial charge on any atom is 0 e. The summed E-state index contributed by atoms with van der Waals surface area (Å²) in [6.45, 7) is 6.79. The van der Waals surface area contributed by atoms with Crippen molar-refractivity contribution in [2.24, 2.45) is 0 Å². The van der Waals surface area contributed by atoms with Gasteiger partial charge in [-0.3, -0.25) is 0 Å². The first-order chi connectivity index (χ1) is 6.17. The van der Waals surface area contributed by atoms with Crippen molar-refractivity contribution in [2.75, 3.05) is 0 Å². The molecule has 0 heterocycles. The van der Waals surface area contributed by atoms with Gasteiger partial charge in [0, 0.05) is 4.40 Å². The van der Waals surface area contributed by atoms with Gasteiger partial charge in [0.15, 0.2) is 0 Å². The highest BCUT2D eigenvalue weighted by Crippen LogP contribution is 2.25. The van der Waals surface area contributed by atoms with E-state index in [1.807, 2.05) is 0 Å². The molecule has 0 heteroatoms. The van der Waals surface area contributed by atoms with Crippen molar-refractivity contribution in [1.82, 2.24) is 0 Å². The molecule has 0 radical (unpaired) electrons. The van der Waals surface area contributed by atoms with Crippen molar-refractivity contribution in [1.29, 1.82) is 0 Å². The summed E-state index contributed by atoms with van der Waals surface area (Å²) in [6, 6.07) is 10.7. The lowest BCUT2D eigenvalue weighted by atomic mass is 9.82. The fourth-order valence-corrected chi connectivity index (χ4v) is 1.09. The van der Waals surface area contributed by atoms with Gasteiger partial charge in [0.25, 0.3) is 0 Å². The van der Waals surface area contributed by atoms with Crippen LogP contribution in [0.4, 0.5) is 0 Å². The molecule has 1 aromatic rings. The van der Waals surface area contributed by atoms with Gasteiger partial charge < -0.3 is 0 Å². The van der Waals surface area contributed by atoms with E-state index in [1.54, 1.807) is 0 Å². The third-order valence-electron chi connectivity index (χ3n) is 2.44. The van der Waals surface area contributed by atoms with E-state index >= 15 is 0 Å². The van der Waals surface area contributed by atoms with Crippen LogP contribution >= 0.6 is 0 Å². The first-order valence-electron chi connectivity index (χ1n) is 5.22. The van der Waals surface area contributed by atoms with Crippen LogP contribution in [0.3, 0.4) is 0 Å². The summed E-state index contributed by atoms with van der Waals surface area (Å²) >= 11 is 0. The molecule has 11 heavy (non-hydrogen) atoms. The van der Waals surface area contributed by atoms with Crippen LogP contribution in [0.25, 0.3) is 0 Å². The molecule has 1 rings (SSSR count). The van der Waals surface area contributed by atoms with Gasteiger partial charge in [-0.05, 0) is 17.4 Å². The molecule has 0 aliphatic carbocycles. The van der Waals surface area contributed by atoms with Crippen molar-refractivity contribution in [3.05, 3.63) is 35.9 Å². The lowest BCUT2D eigenvalue weighted by molar-refractivity contribution is 0.506. The molecule has 0 spiro atoms. The zero-order chi connectivity index (χ0) is 10.3. The van der Waals surface area contributed by atoms with Gasteiger partial charge in [0.2, 0.25) is 0 Å². The molecule has 0 aromatic heterocycles. The monoisotopic (exact) mass is 155 g/mol. The summed E-state index contributed by atoms with van der Waals surface area (Å²) in [5.41, 5.74) is 1.77. The Kier molecular flexibility index (Phi) is 1.93. The Morgan fingerprint density at radius 3 is 2.27 bits per heavy atom. The van der Waals surface area contributed by atoms with E-state index in [4.69, 9.17) is 2.97 Å². The van der Waals surface area contributed by atoms with Gasteiger partial charge in [-0.1, -0.05) is 51.1 Å². The van der Waals surface area contributed by atoms with Gasteiger partial charge in [-0.2, -0.15) is 0 Å². The average molecular weight is 155 g/mol. The van der Waals surface area contributed by atoms with Gasteiger partial charge in [0.05, 0.1) is 0 Å². The first-order valence-corrected chi connectivity index (χ1v) is 4.22. The molecule has 64 valence electrons. The topological polar surface area (TPSA) is 0 Å². The number of rotatable bonds is 2. The van der Waals surface area contributed by atoms with Crippen molar-refractivity contribution >= 4 is 0 Å². The Bertz CT molecular complexity index is 219. The summed E-state index contributed by atoms with van der Waals surface area (Å²) in [4.78, 5) is 0. The molecule has 0 saturated carbocycles. The minimum absolute atomic E-state index is 0. The minimum Gasteiger partial charge on any atom is -0.0646 e. The largest absolute Gasteiger partial charge is 0.0646 e. The zero-order valence-corrected chi connectivity index (χ0v) is 7.59. The van der Waals surface area contributed by atoms with Crippen molar-refractivity contribution in [3.8, 4) is 0 Å².